The number of carboxylic acid groups (broad SMARTS) is 1. The molecule has 0 aliphatic carbocycles. The van der Waals surface area contributed by atoms with Crippen LogP contribution in [-0.4, -0.2) is 35.8 Å². The van der Waals surface area contributed by atoms with Crippen LogP contribution < -0.4 is 0 Å². The van der Waals surface area contributed by atoms with Crippen LogP contribution in [0.15, 0.2) is 37.1 Å². The molecule has 0 aliphatic heterocycles. The SMILES string of the molecule is Cc1cc(C=Cc2ncc(C(=O)O)c(C(C)C)n2)ccc1-n1cncn1. The van der Waals surface area contributed by atoms with Crippen LogP contribution in [0.3, 0.4) is 0 Å². The topological polar surface area (TPSA) is 93.8 Å². The summed E-state index contributed by atoms with van der Waals surface area (Å²) < 4.78 is 1.71. The summed E-state index contributed by atoms with van der Waals surface area (Å²) in [7, 11) is 0. The van der Waals surface area contributed by atoms with E-state index in [2.05, 4.69) is 20.1 Å². The number of hydrogen-bond acceptors (Lipinski definition) is 5. The highest BCUT2D eigenvalue weighted by Crippen LogP contribution is 2.19. The molecular weight excluding hydrogens is 330 g/mol. The molecule has 0 radical (unpaired) electrons. The fourth-order valence-corrected chi connectivity index (χ4v) is 2.64. The normalized spacial score (nSPS) is 11.4. The van der Waals surface area contributed by atoms with E-state index >= 15 is 0 Å². The van der Waals surface area contributed by atoms with Gasteiger partial charge in [-0.3, -0.25) is 0 Å². The smallest absolute Gasteiger partial charge is 0.339 e. The van der Waals surface area contributed by atoms with Crippen molar-refractivity contribution in [3.05, 3.63) is 65.3 Å². The van der Waals surface area contributed by atoms with Gasteiger partial charge in [0, 0.05) is 6.20 Å². The molecule has 0 fully saturated rings. The molecule has 3 aromatic rings. The van der Waals surface area contributed by atoms with Crippen LogP contribution in [-0.2, 0) is 0 Å². The van der Waals surface area contributed by atoms with Gasteiger partial charge < -0.3 is 5.11 Å². The first-order valence-electron chi connectivity index (χ1n) is 8.19. The van der Waals surface area contributed by atoms with E-state index in [4.69, 9.17) is 0 Å². The van der Waals surface area contributed by atoms with Crippen LogP contribution in [0, 0.1) is 6.92 Å². The van der Waals surface area contributed by atoms with Crippen molar-refractivity contribution < 1.29 is 9.90 Å². The molecule has 0 unspecified atom stereocenters. The van der Waals surface area contributed by atoms with E-state index < -0.39 is 5.97 Å². The maximum Gasteiger partial charge on any atom is 0.339 e. The van der Waals surface area contributed by atoms with Gasteiger partial charge in [0.05, 0.1) is 16.9 Å². The number of rotatable bonds is 5. The van der Waals surface area contributed by atoms with Crippen molar-refractivity contribution in [1.82, 2.24) is 24.7 Å². The van der Waals surface area contributed by atoms with E-state index in [1.54, 1.807) is 17.1 Å². The van der Waals surface area contributed by atoms with Gasteiger partial charge in [0.25, 0.3) is 0 Å². The Bertz CT molecular complexity index is 962. The highest BCUT2D eigenvalue weighted by molar-refractivity contribution is 5.88. The Balaban J connectivity index is 1.87. The monoisotopic (exact) mass is 349 g/mol. The van der Waals surface area contributed by atoms with E-state index in [1.807, 2.05) is 45.0 Å². The molecular formula is C19H19N5O2. The highest BCUT2D eigenvalue weighted by atomic mass is 16.4. The summed E-state index contributed by atoms with van der Waals surface area (Å²) in [5.74, 6) is -0.527. The largest absolute Gasteiger partial charge is 0.478 e. The fraction of sp³-hybridized carbons (Fsp3) is 0.211. The lowest BCUT2D eigenvalue weighted by atomic mass is 10.1. The van der Waals surface area contributed by atoms with Gasteiger partial charge in [-0.2, -0.15) is 5.10 Å². The molecule has 2 aromatic heterocycles. The van der Waals surface area contributed by atoms with Crippen LogP contribution in [0.4, 0.5) is 0 Å². The van der Waals surface area contributed by atoms with Gasteiger partial charge in [-0.25, -0.2) is 24.4 Å². The van der Waals surface area contributed by atoms with Crippen molar-refractivity contribution >= 4 is 18.1 Å². The number of hydrogen-bond donors (Lipinski definition) is 1. The third-order valence-corrected chi connectivity index (χ3v) is 3.93. The van der Waals surface area contributed by atoms with Crippen LogP contribution in [0.2, 0.25) is 0 Å². The average Bonchev–Trinajstić information content (AvgIpc) is 3.14. The number of carbonyl (C=O) groups is 1. The molecule has 1 aromatic carbocycles. The second-order valence-corrected chi connectivity index (χ2v) is 6.21. The zero-order valence-corrected chi connectivity index (χ0v) is 14.8. The molecule has 0 atom stereocenters. The van der Waals surface area contributed by atoms with Gasteiger partial charge in [-0.05, 0) is 42.2 Å². The maximum atomic E-state index is 11.3. The number of nitrogens with zero attached hydrogens (tertiary/aromatic N) is 5. The van der Waals surface area contributed by atoms with E-state index in [9.17, 15) is 9.90 Å². The van der Waals surface area contributed by atoms with Crippen LogP contribution in [0.25, 0.3) is 17.8 Å². The van der Waals surface area contributed by atoms with Crippen LogP contribution >= 0.6 is 0 Å². The highest BCUT2D eigenvalue weighted by Gasteiger charge is 2.15. The van der Waals surface area contributed by atoms with Crippen molar-refractivity contribution in [2.75, 3.05) is 0 Å². The summed E-state index contributed by atoms with van der Waals surface area (Å²) in [6, 6.07) is 5.97. The van der Waals surface area contributed by atoms with E-state index in [-0.39, 0.29) is 11.5 Å². The molecule has 0 saturated heterocycles. The van der Waals surface area contributed by atoms with Gasteiger partial charge in [-0.1, -0.05) is 26.0 Å². The molecule has 0 spiro atoms. The predicted molar refractivity (Wildman–Crippen MR) is 98.1 cm³/mol. The lowest BCUT2D eigenvalue weighted by Crippen LogP contribution is -2.08. The molecule has 1 N–H and O–H groups in total. The molecule has 0 bridgehead atoms. The van der Waals surface area contributed by atoms with Crippen LogP contribution in [0.1, 0.15) is 52.8 Å². The standard InChI is InChI=1S/C19H19N5O2/c1-12(2)18-15(19(25)26)9-21-17(23-18)7-5-14-4-6-16(13(3)8-14)24-11-20-10-22-24/h4-12H,1-3H3,(H,25,26). The third kappa shape index (κ3) is 3.66. The Kier molecular flexibility index (Phi) is 4.88. The number of benzene rings is 1. The van der Waals surface area contributed by atoms with E-state index in [0.717, 1.165) is 16.8 Å². The first-order valence-corrected chi connectivity index (χ1v) is 8.19. The summed E-state index contributed by atoms with van der Waals surface area (Å²) in [5.41, 5.74) is 3.69. The Morgan fingerprint density at radius 1 is 1.27 bits per heavy atom. The average molecular weight is 349 g/mol. The molecule has 26 heavy (non-hydrogen) atoms. The molecule has 0 saturated carbocycles. The van der Waals surface area contributed by atoms with E-state index in [1.165, 1.54) is 12.5 Å². The summed E-state index contributed by atoms with van der Waals surface area (Å²) in [5, 5.41) is 13.4. The zero-order valence-electron chi connectivity index (χ0n) is 14.8. The Morgan fingerprint density at radius 3 is 2.69 bits per heavy atom. The molecule has 7 heteroatoms. The number of aromatic nitrogens is 5. The zero-order chi connectivity index (χ0) is 18.7. The van der Waals surface area contributed by atoms with Crippen molar-refractivity contribution in [2.45, 2.75) is 26.7 Å². The number of aryl methyl sites for hydroxylation is 1. The quantitative estimate of drug-likeness (QED) is 0.759. The summed E-state index contributed by atoms with van der Waals surface area (Å²) >= 11 is 0. The summed E-state index contributed by atoms with van der Waals surface area (Å²) in [4.78, 5) is 23.8. The first-order chi connectivity index (χ1) is 12.5. The minimum atomic E-state index is -1.01. The molecule has 7 nitrogen and oxygen atoms in total. The molecule has 132 valence electrons. The third-order valence-electron chi connectivity index (χ3n) is 3.93. The van der Waals surface area contributed by atoms with Gasteiger partial charge in [0.2, 0.25) is 0 Å². The van der Waals surface area contributed by atoms with Crippen molar-refractivity contribution in [3.63, 3.8) is 0 Å². The van der Waals surface area contributed by atoms with Gasteiger partial charge in [0.15, 0.2) is 5.82 Å². The number of carboxylic acids is 1. The summed E-state index contributed by atoms with van der Waals surface area (Å²) in [6.07, 6.45) is 8.20. The number of aromatic carboxylic acids is 1. The van der Waals surface area contributed by atoms with Crippen molar-refractivity contribution in [3.8, 4) is 5.69 Å². The Morgan fingerprint density at radius 2 is 2.08 bits per heavy atom. The van der Waals surface area contributed by atoms with Crippen molar-refractivity contribution in [2.24, 2.45) is 0 Å². The fourth-order valence-electron chi connectivity index (χ4n) is 2.64. The van der Waals surface area contributed by atoms with Gasteiger partial charge >= 0.3 is 5.97 Å². The van der Waals surface area contributed by atoms with E-state index in [0.29, 0.717) is 11.5 Å². The lowest BCUT2D eigenvalue weighted by Gasteiger charge is -2.08. The van der Waals surface area contributed by atoms with Crippen LogP contribution in [0.5, 0.6) is 0 Å². The Labute approximate surface area is 151 Å². The second-order valence-electron chi connectivity index (χ2n) is 6.21. The molecule has 0 aliphatic rings. The van der Waals surface area contributed by atoms with Crippen molar-refractivity contribution in [1.29, 1.82) is 0 Å². The minimum Gasteiger partial charge on any atom is -0.478 e. The lowest BCUT2D eigenvalue weighted by molar-refractivity contribution is 0.0694. The van der Waals surface area contributed by atoms with Gasteiger partial charge in [-0.15, -0.1) is 0 Å². The maximum absolute atomic E-state index is 11.3. The minimum absolute atomic E-state index is 0.000424. The predicted octanol–water partition coefficient (Wildman–Crippen LogP) is 3.36. The second kappa shape index (κ2) is 7.26. The first kappa shape index (κ1) is 17.5. The van der Waals surface area contributed by atoms with Gasteiger partial charge in [0.1, 0.15) is 12.7 Å². The molecule has 3 rings (SSSR count). The molecule has 0 amide bonds. The summed E-state index contributed by atoms with van der Waals surface area (Å²) in [6.45, 7) is 5.83. The Hall–Kier alpha value is -3.35. The molecule has 2 heterocycles.